The van der Waals surface area contributed by atoms with Gasteiger partial charge in [-0.05, 0) is 69.8 Å². The minimum atomic E-state index is -0.510. The van der Waals surface area contributed by atoms with Crippen LogP contribution in [0.15, 0.2) is 65.6 Å². The van der Waals surface area contributed by atoms with Crippen molar-refractivity contribution in [1.82, 2.24) is 4.90 Å². The maximum Gasteiger partial charge on any atom is 0.293 e. The molecular weight excluding hydrogens is 609 g/mol. The molecule has 186 valence electrons. The molecule has 0 atom stereocenters. The fraction of sp³-hybridized carbons (Fsp3) is 0.115. The molecular formula is C26H18IN3O6S. The quantitative estimate of drug-likeness (QED) is 0.131. The Hall–Kier alpha value is -3.89. The number of ether oxygens (including phenoxy) is 2. The summed E-state index contributed by atoms with van der Waals surface area (Å²) in [4.78, 5) is 37.2. The highest BCUT2D eigenvalue weighted by Gasteiger charge is 2.35. The van der Waals surface area contributed by atoms with E-state index in [2.05, 4.69) is 28.7 Å². The molecule has 1 heterocycles. The normalized spacial score (nSPS) is 14.1. The summed E-state index contributed by atoms with van der Waals surface area (Å²) < 4.78 is 12.2. The minimum absolute atomic E-state index is 0.0117. The molecule has 4 rings (SSSR count). The molecule has 0 spiro atoms. The highest BCUT2D eigenvalue weighted by atomic mass is 127. The third-order valence-corrected chi connectivity index (χ3v) is 7.13. The number of amides is 2. The zero-order valence-electron chi connectivity index (χ0n) is 19.3. The van der Waals surface area contributed by atoms with Crippen molar-refractivity contribution in [2.75, 3.05) is 7.11 Å². The predicted molar refractivity (Wildman–Crippen MR) is 146 cm³/mol. The number of halogens is 1. The first-order valence-corrected chi connectivity index (χ1v) is 12.7. The zero-order valence-corrected chi connectivity index (χ0v) is 22.3. The number of nitriles is 1. The van der Waals surface area contributed by atoms with Crippen molar-refractivity contribution in [2.24, 2.45) is 0 Å². The van der Waals surface area contributed by atoms with Crippen LogP contribution in [0.4, 0.5) is 10.5 Å². The number of hydrogen-bond acceptors (Lipinski definition) is 8. The van der Waals surface area contributed by atoms with Crippen LogP contribution in [0.5, 0.6) is 11.5 Å². The number of nitrogens with zero attached hydrogens (tertiary/aromatic N) is 3. The summed E-state index contributed by atoms with van der Waals surface area (Å²) in [5, 5.41) is 19.7. The Balaban J connectivity index is 1.52. The van der Waals surface area contributed by atoms with E-state index >= 15 is 0 Å². The van der Waals surface area contributed by atoms with Crippen LogP contribution < -0.4 is 9.47 Å². The lowest BCUT2D eigenvalue weighted by Crippen LogP contribution is -2.27. The molecule has 3 aromatic carbocycles. The highest BCUT2D eigenvalue weighted by Crippen LogP contribution is 2.38. The zero-order chi connectivity index (χ0) is 26.5. The molecule has 1 saturated heterocycles. The average molecular weight is 627 g/mol. The van der Waals surface area contributed by atoms with E-state index in [1.807, 2.05) is 12.1 Å². The van der Waals surface area contributed by atoms with E-state index in [4.69, 9.17) is 9.47 Å². The summed E-state index contributed by atoms with van der Waals surface area (Å²) in [6, 6.07) is 18.5. The molecule has 11 heteroatoms. The largest absolute Gasteiger partial charge is 0.493 e. The van der Waals surface area contributed by atoms with Crippen molar-refractivity contribution in [3.63, 3.8) is 0 Å². The molecule has 0 bridgehead atoms. The van der Waals surface area contributed by atoms with Gasteiger partial charge in [-0.15, -0.1) is 0 Å². The van der Waals surface area contributed by atoms with E-state index in [-0.39, 0.29) is 23.7 Å². The van der Waals surface area contributed by atoms with Gasteiger partial charge in [-0.3, -0.25) is 24.6 Å². The van der Waals surface area contributed by atoms with Gasteiger partial charge in [0.05, 0.1) is 38.7 Å². The van der Waals surface area contributed by atoms with E-state index in [9.17, 15) is 25.0 Å². The molecule has 1 fully saturated rings. The number of benzene rings is 3. The molecule has 0 saturated carbocycles. The standard InChI is InChI=1S/C26H18IN3O6S/c1-35-22-11-17(10-21(27)24(22)36-15-19-5-3-2-4-18(19)13-28)12-23-25(31)29(26(32)37-23)14-16-6-8-20(9-7-16)30(33)34/h2-12H,14-15H2,1H3/b23-12-. The molecule has 0 radical (unpaired) electrons. The second-order valence-electron chi connectivity index (χ2n) is 7.78. The maximum atomic E-state index is 12.9. The van der Waals surface area contributed by atoms with Crippen LogP contribution in [-0.4, -0.2) is 28.1 Å². The minimum Gasteiger partial charge on any atom is -0.493 e. The average Bonchev–Trinajstić information content (AvgIpc) is 3.15. The monoisotopic (exact) mass is 627 g/mol. The van der Waals surface area contributed by atoms with Crippen molar-refractivity contribution in [1.29, 1.82) is 5.26 Å². The number of carbonyl (C=O) groups excluding carboxylic acids is 2. The summed E-state index contributed by atoms with van der Waals surface area (Å²) in [6.07, 6.45) is 1.61. The lowest BCUT2D eigenvalue weighted by molar-refractivity contribution is -0.384. The Kier molecular flexibility index (Phi) is 8.10. The number of rotatable bonds is 8. The molecule has 0 N–H and O–H groups in total. The molecule has 2 amide bonds. The predicted octanol–water partition coefficient (Wildman–Crippen LogP) is 5.90. The van der Waals surface area contributed by atoms with Crippen LogP contribution >= 0.6 is 34.4 Å². The summed E-state index contributed by atoms with van der Waals surface area (Å²) in [6.45, 7) is 0.189. The third kappa shape index (κ3) is 5.92. The fourth-order valence-electron chi connectivity index (χ4n) is 3.56. The Labute approximate surface area is 230 Å². The number of non-ortho nitro benzene ring substituents is 1. The number of carbonyl (C=O) groups is 2. The van der Waals surface area contributed by atoms with Gasteiger partial charge >= 0.3 is 0 Å². The van der Waals surface area contributed by atoms with Crippen LogP contribution in [0.1, 0.15) is 22.3 Å². The van der Waals surface area contributed by atoms with Gasteiger partial charge in [-0.2, -0.15) is 5.26 Å². The lowest BCUT2D eigenvalue weighted by Gasteiger charge is -2.14. The van der Waals surface area contributed by atoms with Crippen molar-refractivity contribution >= 4 is 57.3 Å². The maximum absolute atomic E-state index is 12.9. The van der Waals surface area contributed by atoms with Gasteiger partial charge in [0.25, 0.3) is 16.8 Å². The van der Waals surface area contributed by atoms with Crippen LogP contribution in [0.3, 0.4) is 0 Å². The van der Waals surface area contributed by atoms with Gasteiger partial charge in [0.15, 0.2) is 11.5 Å². The van der Waals surface area contributed by atoms with Crippen molar-refractivity contribution in [2.45, 2.75) is 13.2 Å². The SMILES string of the molecule is COc1cc(/C=C2\SC(=O)N(Cc3ccc([N+](=O)[O-])cc3)C2=O)cc(I)c1OCc1ccccc1C#N. The van der Waals surface area contributed by atoms with Gasteiger partial charge in [-0.1, -0.05) is 30.3 Å². The lowest BCUT2D eigenvalue weighted by atomic mass is 10.1. The molecule has 3 aromatic rings. The van der Waals surface area contributed by atoms with Gasteiger partial charge < -0.3 is 9.47 Å². The van der Waals surface area contributed by atoms with E-state index in [1.165, 1.54) is 31.4 Å². The summed E-state index contributed by atoms with van der Waals surface area (Å²) >= 11 is 2.93. The number of nitro benzene ring substituents is 1. The number of thioether (sulfide) groups is 1. The first-order chi connectivity index (χ1) is 17.8. The first kappa shape index (κ1) is 26.2. The second kappa shape index (κ2) is 11.4. The molecule has 0 unspecified atom stereocenters. The number of nitro groups is 1. The summed E-state index contributed by atoms with van der Waals surface area (Å²) in [5.74, 6) is 0.493. The summed E-state index contributed by atoms with van der Waals surface area (Å²) in [5.41, 5.74) is 2.45. The van der Waals surface area contributed by atoms with Crippen LogP contribution in [0.2, 0.25) is 0 Å². The molecule has 37 heavy (non-hydrogen) atoms. The second-order valence-corrected chi connectivity index (χ2v) is 9.94. The van der Waals surface area contributed by atoms with E-state index in [0.717, 1.165) is 25.8 Å². The number of methoxy groups -OCH3 is 1. The molecule has 1 aliphatic rings. The molecule has 1 aliphatic heterocycles. The number of hydrogen-bond donors (Lipinski definition) is 0. The van der Waals surface area contributed by atoms with E-state index < -0.39 is 16.1 Å². The van der Waals surface area contributed by atoms with Crippen LogP contribution in [0, 0.1) is 25.0 Å². The van der Waals surface area contributed by atoms with Crippen molar-refractivity contribution < 1.29 is 24.0 Å². The summed E-state index contributed by atoms with van der Waals surface area (Å²) in [7, 11) is 1.50. The fourth-order valence-corrected chi connectivity index (χ4v) is 5.18. The van der Waals surface area contributed by atoms with Gasteiger partial charge in [-0.25, -0.2) is 0 Å². The molecule has 9 nitrogen and oxygen atoms in total. The van der Waals surface area contributed by atoms with Gasteiger partial charge in [0.2, 0.25) is 0 Å². The van der Waals surface area contributed by atoms with E-state index in [0.29, 0.717) is 28.2 Å². The Morgan fingerprint density at radius 2 is 1.89 bits per heavy atom. The van der Waals surface area contributed by atoms with Crippen molar-refractivity contribution in [3.05, 3.63) is 102 Å². The Bertz CT molecular complexity index is 1470. The van der Waals surface area contributed by atoms with Crippen LogP contribution in [-0.2, 0) is 17.9 Å². The van der Waals surface area contributed by atoms with E-state index in [1.54, 1.807) is 30.3 Å². The van der Waals surface area contributed by atoms with Gasteiger partial charge in [0, 0.05) is 17.7 Å². The van der Waals surface area contributed by atoms with Gasteiger partial charge in [0.1, 0.15) is 6.61 Å². The Morgan fingerprint density at radius 1 is 1.16 bits per heavy atom. The highest BCUT2D eigenvalue weighted by molar-refractivity contribution is 14.1. The van der Waals surface area contributed by atoms with Crippen molar-refractivity contribution in [3.8, 4) is 17.6 Å². The first-order valence-electron chi connectivity index (χ1n) is 10.8. The van der Waals surface area contributed by atoms with Crippen LogP contribution in [0.25, 0.3) is 6.08 Å². The Morgan fingerprint density at radius 3 is 2.57 bits per heavy atom. The topological polar surface area (TPSA) is 123 Å². The third-order valence-electron chi connectivity index (χ3n) is 5.42. The molecule has 0 aromatic heterocycles. The smallest absolute Gasteiger partial charge is 0.293 e. The molecule has 0 aliphatic carbocycles. The number of imide groups is 1.